The lowest BCUT2D eigenvalue weighted by Crippen LogP contribution is -2.03. The van der Waals surface area contributed by atoms with Crippen molar-refractivity contribution in [2.75, 3.05) is 0 Å². The maximum Gasteiger partial charge on any atom is 0.193 e. The molecule has 0 fully saturated rings. The Hall–Kier alpha value is -2.74. The minimum Gasteiger partial charge on any atom is -0.289 e. The summed E-state index contributed by atoms with van der Waals surface area (Å²) >= 11 is 0. The molecule has 0 aliphatic carbocycles. The van der Waals surface area contributed by atoms with Crippen LogP contribution in [0.15, 0.2) is 73.3 Å². The molecule has 0 spiro atoms. The zero-order valence-electron chi connectivity index (χ0n) is 11.9. The third-order valence-corrected chi connectivity index (χ3v) is 3.19. The van der Waals surface area contributed by atoms with Gasteiger partial charge in [-0.05, 0) is 18.1 Å². The van der Waals surface area contributed by atoms with Gasteiger partial charge in [0.15, 0.2) is 11.6 Å². The van der Waals surface area contributed by atoms with Crippen LogP contribution in [0.5, 0.6) is 0 Å². The second kappa shape index (κ2) is 6.14. The Labute approximate surface area is 124 Å². The number of benzene rings is 2. The van der Waals surface area contributed by atoms with Crippen molar-refractivity contribution in [3.63, 3.8) is 0 Å². The normalized spacial score (nSPS) is 9.95. The smallest absolute Gasteiger partial charge is 0.193 e. The van der Waals surface area contributed by atoms with E-state index in [-0.39, 0.29) is 11.6 Å². The number of hydrogen-bond acceptors (Lipinski definition) is 2. The zero-order chi connectivity index (χ0) is 15.4. The van der Waals surface area contributed by atoms with Crippen molar-refractivity contribution in [3.05, 3.63) is 90.0 Å². The molecule has 0 aromatic heterocycles. The van der Waals surface area contributed by atoms with E-state index < -0.39 is 0 Å². The number of carbonyl (C=O) groups is 2. The molecule has 0 amide bonds. The molecule has 0 aliphatic heterocycles. The lowest BCUT2D eigenvalue weighted by atomic mass is 9.96. The van der Waals surface area contributed by atoms with Gasteiger partial charge in [0, 0.05) is 16.7 Å². The van der Waals surface area contributed by atoms with Crippen LogP contribution in [0, 0.1) is 0 Å². The van der Waals surface area contributed by atoms with Crippen LogP contribution in [0.2, 0.25) is 0 Å². The van der Waals surface area contributed by atoms with Gasteiger partial charge in [0.2, 0.25) is 0 Å². The highest BCUT2D eigenvalue weighted by Crippen LogP contribution is 2.18. The van der Waals surface area contributed by atoms with Crippen molar-refractivity contribution in [1.82, 2.24) is 0 Å². The summed E-state index contributed by atoms with van der Waals surface area (Å²) in [5.74, 6) is -0.212. The molecule has 2 nitrogen and oxygen atoms in total. The predicted octanol–water partition coefficient (Wildman–Crippen LogP) is 4.08. The summed E-state index contributed by atoms with van der Waals surface area (Å²) in [5, 5.41) is 0. The Kier molecular flexibility index (Phi) is 4.29. The minimum absolute atomic E-state index is 0.0426. The standard InChI is InChI=1S/C19H16O2/c1-13(2)18(20)14(3)15-9-11-17(12-10-15)19(21)16-7-5-4-6-8-16/h4-12H,1,3H2,2H3. The highest BCUT2D eigenvalue weighted by molar-refractivity contribution is 6.27. The first-order valence-electron chi connectivity index (χ1n) is 6.60. The lowest BCUT2D eigenvalue weighted by Gasteiger charge is -2.06. The average Bonchev–Trinajstić information content (AvgIpc) is 2.53. The SMILES string of the molecule is C=C(C)C(=O)C(=C)c1ccc(C(=O)c2ccccc2)cc1. The number of hydrogen-bond donors (Lipinski definition) is 0. The molecular weight excluding hydrogens is 260 g/mol. The van der Waals surface area contributed by atoms with E-state index in [1.54, 1.807) is 43.3 Å². The summed E-state index contributed by atoms with van der Waals surface area (Å²) in [7, 11) is 0. The molecule has 2 rings (SSSR count). The number of allylic oxidation sites excluding steroid dienone is 2. The van der Waals surface area contributed by atoms with Gasteiger partial charge in [0.25, 0.3) is 0 Å². The molecule has 0 saturated heterocycles. The van der Waals surface area contributed by atoms with Crippen molar-refractivity contribution < 1.29 is 9.59 Å². The van der Waals surface area contributed by atoms with E-state index in [0.717, 1.165) is 0 Å². The molecule has 0 aliphatic rings. The topological polar surface area (TPSA) is 34.1 Å². The first-order valence-corrected chi connectivity index (χ1v) is 6.60. The molecule has 0 saturated carbocycles. The van der Waals surface area contributed by atoms with Crippen LogP contribution in [0.4, 0.5) is 0 Å². The van der Waals surface area contributed by atoms with Gasteiger partial charge in [-0.1, -0.05) is 67.8 Å². The third kappa shape index (κ3) is 3.23. The molecule has 0 N–H and O–H groups in total. The first-order chi connectivity index (χ1) is 10.0. The zero-order valence-corrected chi connectivity index (χ0v) is 11.9. The molecule has 104 valence electrons. The Morgan fingerprint density at radius 3 is 1.76 bits per heavy atom. The van der Waals surface area contributed by atoms with Gasteiger partial charge < -0.3 is 0 Å². The van der Waals surface area contributed by atoms with E-state index in [9.17, 15) is 9.59 Å². The van der Waals surface area contributed by atoms with E-state index in [0.29, 0.717) is 27.8 Å². The molecular formula is C19H16O2. The molecule has 0 bridgehead atoms. The molecule has 0 atom stereocenters. The highest BCUT2D eigenvalue weighted by Gasteiger charge is 2.12. The van der Waals surface area contributed by atoms with Gasteiger partial charge in [-0.25, -0.2) is 0 Å². The Morgan fingerprint density at radius 2 is 1.24 bits per heavy atom. The fourth-order valence-electron chi connectivity index (χ4n) is 1.97. The van der Waals surface area contributed by atoms with E-state index in [4.69, 9.17) is 0 Å². The van der Waals surface area contributed by atoms with Crippen LogP contribution in [0.25, 0.3) is 5.57 Å². The van der Waals surface area contributed by atoms with Crippen LogP contribution in [-0.2, 0) is 4.79 Å². The monoisotopic (exact) mass is 276 g/mol. The predicted molar refractivity (Wildman–Crippen MR) is 85.2 cm³/mol. The van der Waals surface area contributed by atoms with Crippen LogP contribution in [0.1, 0.15) is 28.4 Å². The Morgan fingerprint density at radius 1 is 0.762 bits per heavy atom. The largest absolute Gasteiger partial charge is 0.289 e. The maximum atomic E-state index is 12.3. The van der Waals surface area contributed by atoms with Gasteiger partial charge in [-0.2, -0.15) is 0 Å². The van der Waals surface area contributed by atoms with Crippen molar-refractivity contribution in [3.8, 4) is 0 Å². The molecule has 2 heteroatoms. The van der Waals surface area contributed by atoms with Gasteiger partial charge in [0.1, 0.15) is 0 Å². The Bertz CT molecular complexity index is 707. The number of rotatable bonds is 5. The van der Waals surface area contributed by atoms with Crippen LogP contribution in [0.3, 0.4) is 0 Å². The van der Waals surface area contributed by atoms with E-state index in [2.05, 4.69) is 13.2 Å². The molecule has 21 heavy (non-hydrogen) atoms. The number of ketones is 2. The highest BCUT2D eigenvalue weighted by atomic mass is 16.1. The second-order valence-corrected chi connectivity index (χ2v) is 4.86. The second-order valence-electron chi connectivity index (χ2n) is 4.86. The summed E-state index contributed by atoms with van der Waals surface area (Å²) in [5.41, 5.74) is 2.76. The van der Waals surface area contributed by atoms with E-state index in [1.807, 2.05) is 18.2 Å². The van der Waals surface area contributed by atoms with Crippen molar-refractivity contribution in [2.45, 2.75) is 6.92 Å². The molecule has 0 heterocycles. The quantitative estimate of drug-likeness (QED) is 0.609. The minimum atomic E-state index is -0.169. The summed E-state index contributed by atoms with van der Waals surface area (Å²) < 4.78 is 0. The summed E-state index contributed by atoms with van der Waals surface area (Å²) in [6.07, 6.45) is 0. The summed E-state index contributed by atoms with van der Waals surface area (Å²) in [6.45, 7) is 9.06. The first kappa shape index (κ1) is 14.7. The molecule has 2 aromatic carbocycles. The van der Waals surface area contributed by atoms with Gasteiger partial charge >= 0.3 is 0 Å². The van der Waals surface area contributed by atoms with E-state index >= 15 is 0 Å². The maximum absolute atomic E-state index is 12.3. The fraction of sp³-hybridized carbons (Fsp3) is 0.0526. The van der Waals surface area contributed by atoms with Crippen molar-refractivity contribution in [1.29, 1.82) is 0 Å². The summed E-state index contributed by atoms with van der Waals surface area (Å²) in [6, 6.07) is 16.0. The number of Topliss-reactive ketones (excluding diaryl/α,β-unsaturated/α-hetero) is 1. The van der Waals surface area contributed by atoms with Crippen LogP contribution < -0.4 is 0 Å². The van der Waals surface area contributed by atoms with E-state index in [1.165, 1.54) is 0 Å². The summed E-state index contributed by atoms with van der Waals surface area (Å²) in [4.78, 5) is 24.1. The van der Waals surface area contributed by atoms with Crippen molar-refractivity contribution in [2.24, 2.45) is 0 Å². The molecule has 0 radical (unpaired) electrons. The van der Waals surface area contributed by atoms with Gasteiger partial charge in [-0.15, -0.1) is 0 Å². The number of carbonyl (C=O) groups excluding carboxylic acids is 2. The van der Waals surface area contributed by atoms with Gasteiger partial charge in [-0.3, -0.25) is 9.59 Å². The average molecular weight is 276 g/mol. The van der Waals surface area contributed by atoms with Crippen LogP contribution >= 0.6 is 0 Å². The van der Waals surface area contributed by atoms with Crippen molar-refractivity contribution >= 4 is 17.1 Å². The fourth-order valence-corrected chi connectivity index (χ4v) is 1.97. The molecule has 0 unspecified atom stereocenters. The Balaban J connectivity index is 2.24. The lowest BCUT2D eigenvalue weighted by molar-refractivity contribution is -0.110. The third-order valence-electron chi connectivity index (χ3n) is 3.19. The van der Waals surface area contributed by atoms with Gasteiger partial charge in [0.05, 0.1) is 0 Å². The molecule has 2 aromatic rings. The van der Waals surface area contributed by atoms with Crippen LogP contribution in [-0.4, -0.2) is 11.6 Å².